The van der Waals surface area contributed by atoms with Gasteiger partial charge in [0, 0.05) is 38.0 Å². The third-order valence-electron chi connectivity index (χ3n) is 5.41. The molecule has 1 aliphatic carbocycles. The highest BCUT2D eigenvalue weighted by Gasteiger charge is 2.40. The van der Waals surface area contributed by atoms with Crippen LogP contribution >= 0.6 is 0 Å². The molecule has 2 saturated heterocycles. The summed E-state index contributed by atoms with van der Waals surface area (Å²) in [4.78, 5) is 23.6. The van der Waals surface area contributed by atoms with Crippen molar-refractivity contribution in [3.05, 3.63) is 17.6 Å². The number of rotatable bonds is 3. The lowest BCUT2D eigenvalue weighted by Gasteiger charge is -2.38. The van der Waals surface area contributed by atoms with E-state index in [2.05, 4.69) is 20.2 Å². The molecule has 0 radical (unpaired) electrons. The van der Waals surface area contributed by atoms with E-state index in [0.717, 1.165) is 44.6 Å². The van der Waals surface area contributed by atoms with E-state index in [1.54, 1.807) is 0 Å². The maximum absolute atomic E-state index is 12.5. The quantitative estimate of drug-likeness (QED) is 0.899. The maximum Gasteiger partial charge on any atom is 0.270 e. The molecule has 0 unspecified atom stereocenters. The van der Waals surface area contributed by atoms with Gasteiger partial charge in [0.25, 0.3) is 5.91 Å². The Morgan fingerprint density at radius 1 is 1.20 bits per heavy atom. The first-order chi connectivity index (χ1) is 12.1. The Balaban J connectivity index is 1.45. The van der Waals surface area contributed by atoms with Gasteiger partial charge in [-0.2, -0.15) is 0 Å². The van der Waals surface area contributed by atoms with Gasteiger partial charge in [-0.3, -0.25) is 4.79 Å². The molecule has 3 fully saturated rings. The smallest absolute Gasteiger partial charge is 0.270 e. The second kappa shape index (κ2) is 6.88. The lowest BCUT2D eigenvalue weighted by atomic mass is 10.0. The lowest BCUT2D eigenvalue weighted by molar-refractivity contribution is -0.169. The van der Waals surface area contributed by atoms with E-state index in [1.807, 2.05) is 13.0 Å². The lowest BCUT2D eigenvalue weighted by Crippen LogP contribution is -2.45. The van der Waals surface area contributed by atoms with Gasteiger partial charge in [0.1, 0.15) is 17.3 Å². The number of ether oxygens (including phenoxy) is 2. The van der Waals surface area contributed by atoms with E-state index in [1.165, 1.54) is 12.8 Å². The number of hydrogen-bond donors (Lipinski definition) is 1. The number of piperidine rings is 1. The van der Waals surface area contributed by atoms with Gasteiger partial charge in [-0.15, -0.1) is 0 Å². The van der Waals surface area contributed by atoms with Crippen LogP contribution in [-0.4, -0.2) is 54.0 Å². The number of amides is 1. The van der Waals surface area contributed by atoms with Gasteiger partial charge in [-0.25, -0.2) is 9.97 Å². The molecular formula is C18H26N4O3. The van der Waals surface area contributed by atoms with Crippen LogP contribution in [0.5, 0.6) is 0 Å². The second-order valence-corrected chi connectivity index (χ2v) is 7.21. The van der Waals surface area contributed by atoms with E-state index in [4.69, 9.17) is 9.47 Å². The van der Waals surface area contributed by atoms with Crippen LogP contribution in [0.2, 0.25) is 0 Å². The molecule has 136 valence electrons. The predicted molar refractivity (Wildman–Crippen MR) is 92.6 cm³/mol. The molecule has 25 heavy (non-hydrogen) atoms. The minimum Gasteiger partial charge on any atom is -0.356 e. The monoisotopic (exact) mass is 346 g/mol. The molecule has 0 atom stereocenters. The molecule has 1 aromatic rings. The molecule has 4 rings (SSSR count). The minimum absolute atomic E-state index is 0.0883. The van der Waals surface area contributed by atoms with Crippen LogP contribution < -0.4 is 10.2 Å². The molecule has 1 saturated carbocycles. The van der Waals surface area contributed by atoms with Gasteiger partial charge in [0.05, 0.1) is 13.2 Å². The van der Waals surface area contributed by atoms with Crippen LogP contribution in [0.15, 0.2) is 6.07 Å². The van der Waals surface area contributed by atoms with Crippen molar-refractivity contribution in [3.63, 3.8) is 0 Å². The number of carbonyl (C=O) groups is 1. The molecule has 1 spiro atoms. The third-order valence-corrected chi connectivity index (χ3v) is 5.41. The zero-order valence-corrected chi connectivity index (χ0v) is 14.8. The van der Waals surface area contributed by atoms with Crippen LogP contribution in [-0.2, 0) is 9.47 Å². The summed E-state index contributed by atoms with van der Waals surface area (Å²) in [7, 11) is 0. The van der Waals surface area contributed by atoms with Crippen LogP contribution in [0.4, 0.5) is 5.82 Å². The molecule has 2 aliphatic heterocycles. The standard InChI is InChI=1S/C18H26N4O3/c1-13-19-15(17(23)21-14-4-2-3-5-14)12-16(20-13)22-8-6-18(7-9-22)24-10-11-25-18/h12,14H,2-11H2,1H3,(H,21,23). The number of nitrogens with one attached hydrogen (secondary N) is 1. The van der Waals surface area contributed by atoms with Crippen molar-refractivity contribution in [1.82, 2.24) is 15.3 Å². The molecular weight excluding hydrogens is 320 g/mol. The summed E-state index contributed by atoms with van der Waals surface area (Å²) in [6.07, 6.45) is 6.16. The summed E-state index contributed by atoms with van der Waals surface area (Å²) in [5.74, 6) is 0.954. The highest BCUT2D eigenvalue weighted by Crippen LogP contribution is 2.32. The molecule has 7 heteroatoms. The summed E-state index contributed by atoms with van der Waals surface area (Å²) in [5, 5.41) is 3.10. The Morgan fingerprint density at radius 3 is 2.56 bits per heavy atom. The zero-order valence-electron chi connectivity index (χ0n) is 14.8. The van der Waals surface area contributed by atoms with Crippen LogP contribution in [0.3, 0.4) is 0 Å². The fourth-order valence-corrected chi connectivity index (χ4v) is 4.02. The molecule has 0 bridgehead atoms. The first-order valence-corrected chi connectivity index (χ1v) is 9.33. The number of aryl methyl sites for hydroxylation is 1. The Kier molecular flexibility index (Phi) is 4.60. The van der Waals surface area contributed by atoms with Crippen molar-refractivity contribution in [3.8, 4) is 0 Å². The van der Waals surface area contributed by atoms with Crippen LogP contribution in [0.25, 0.3) is 0 Å². The van der Waals surface area contributed by atoms with E-state index < -0.39 is 5.79 Å². The summed E-state index contributed by atoms with van der Waals surface area (Å²) in [6, 6.07) is 2.10. The SMILES string of the molecule is Cc1nc(C(=O)NC2CCCC2)cc(N2CCC3(CC2)OCCO3)n1. The Labute approximate surface area is 148 Å². The van der Waals surface area contributed by atoms with Crippen LogP contribution in [0, 0.1) is 6.92 Å². The van der Waals surface area contributed by atoms with Crippen molar-refractivity contribution < 1.29 is 14.3 Å². The number of carbonyl (C=O) groups excluding carboxylic acids is 1. The maximum atomic E-state index is 12.5. The van der Waals surface area contributed by atoms with Gasteiger partial charge in [-0.05, 0) is 19.8 Å². The zero-order chi connectivity index (χ0) is 17.3. The Bertz CT molecular complexity index is 629. The number of aromatic nitrogens is 2. The molecule has 1 N–H and O–H groups in total. The fourth-order valence-electron chi connectivity index (χ4n) is 4.02. The normalized spacial score (nSPS) is 23.3. The second-order valence-electron chi connectivity index (χ2n) is 7.21. The predicted octanol–water partition coefficient (Wildman–Crippen LogP) is 1.80. The molecule has 7 nitrogen and oxygen atoms in total. The third kappa shape index (κ3) is 3.62. The van der Waals surface area contributed by atoms with E-state index in [0.29, 0.717) is 24.7 Å². The van der Waals surface area contributed by atoms with E-state index in [9.17, 15) is 4.79 Å². The molecule has 1 aromatic heterocycles. The molecule has 0 aromatic carbocycles. The first kappa shape index (κ1) is 16.7. The average Bonchev–Trinajstić information content (AvgIpc) is 3.27. The van der Waals surface area contributed by atoms with Gasteiger partial charge in [0.15, 0.2) is 5.79 Å². The fraction of sp³-hybridized carbons (Fsp3) is 0.722. The topological polar surface area (TPSA) is 76.6 Å². The molecule has 3 aliphatic rings. The van der Waals surface area contributed by atoms with Crippen molar-refractivity contribution in [2.24, 2.45) is 0 Å². The highest BCUT2D eigenvalue weighted by molar-refractivity contribution is 5.93. The van der Waals surface area contributed by atoms with Crippen molar-refractivity contribution >= 4 is 11.7 Å². The van der Waals surface area contributed by atoms with Gasteiger partial charge >= 0.3 is 0 Å². The molecule has 3 heterocycles. The summed E-state index contributed by atoms with van der Waals surface area (Å²) in [5.41, 5.74) is 0.461. The number of hydrogen-bond acceptors (Lipinski definition) is 6. The molecule has 1 amide bonds. The van der Waals surface area contributed by atoms with Gasteiger partial charge in [-0.1, -0.05) is 12.8 Å². The highest BCUT2D eigenvalue weighted by atomic mass is 16.7. The van der Waals surface area contributed by atoms with E-state index in [-0.39, 0.29) is 11.9 Å². The first-order valence-electron chi connectivity index (χ1n) is 9.33. The minimum atomic E-state index is -0.402. The van der Waals surface area contributed by atoms with Gasteiger partial charge in [0.2, 0.25) is 0 Å². The summed E-state index contributed by atoms with van der Waals surface area (Å²) in [6.45, 7) is 4.81. The van der Waals surface area contributed by atoms with Crippen molar-refractivity contribution in [1.29, 1.82) is 0 Å². The van der Waals surface area contributed by atoms with Crippen LogP contribution in [0.1, 0.15) is 54.8 Å². The van der Waals surface area contributed by atoms with Crippen molar-refractivity contribution in [2.45, 2.75) is 57.3 Å². The van der Waals surface area contributed by atoms with Gasteiger partial charge < -0.3 is 19.7 Å². The number of nitrogens with zero attached hydrogens (tertiary/aromatic N) is 3. The number of anilines is 1. The summed E-state index contributed by atoms with van der Waals surface area (Å²) < 4.78 is 11.6. The van der Waals surface area contributed by atoms with Crippen molar-refractivity contribution in [2.75, 3.05) is 31.2 Å². The Morgan fingerprint density at radius 2 is 1.88 bits per heavy atom. The van der Waals surface area contributed by atoms with E-state index >= 15 is 0 Å². The Hall–Kier alpha value is -1.73. The average molecular weight is 346 g/mol. The largest absolute Gasteiger partial charge is 0.356 e. The summed E-state index contributed by atoms with van der Waals surface area (Å²) >= 11 is 0.